The number of halogens is 1. The van der Waals surface area contributed by atoms with Crippen LogP contribution in [0.5, 0.6) is 0 Å². The van der Waals surface area contributed by atoms with Crippen molar-refractivity contribution in [3.8, 4) is 0 Å². The Hall–Kier alpha value is -3.26. The molecule has 2 unspecified atom stereocenters. The number of fused-ring (bicyclic) bond motifs is 3. The third kappa shape index (κ3) is 2.91. The molecule has 7 rings (SSSR count). The summed E-state index contributed by atoms with van der Waals surface area (Å²) in [6.45, 7) is 7.95. The van der Waals surface area contributed by atoms with E-state index in [9.17, 15) is 4.79 Å². The highest BCUT2D eigenvalue weighted by molar-refractivity contribution is 6.09. The Kier molecular flexibility index (Phi) is 4.65. The van der Waals surface area contributed by atoms with E-state index in [2.05, 4.69) is 48.0 Å². The number of hydrogen-bond acceptors (Lipinski definition) is 4. The third-order valence-electron chi connectivity index (χ3n) is 8.96. The van der Waals surface area contributed by atoms with Crippen LogP contribution in [0.3, 0.4) is 0 Å². The minimum atomic E-state index is -0.390. The molecule has 3 aromatic rings. The van der Waals surface area contributed by atoms with Crippen LogP contribution in [0.2, 0.25) is 0 Å². The Morgan fingerprint density at radius 3 is 2.83 bits per heavy atom. The summed E-state index contributed by atoms with van der Waals surface area (Å²) >= 11 is 0. The summed E-state index contributed by atoms with van der Waals surface area (Å²) in [6.07, 6.45) is 3.69. The lowest BCUT2D eigenvalue weighted by molar-refractivity contribution is -0.682. The van der Waals surface area contributed by atoms with Gasteiger partial charge in [0.1, 0.15) is 11.3 Å². The van der Waals surface area contributed by atoms with E-state index in [4.69, 9.17) is 10.8 Å². The van der Waals surface area contributed by atoms with Crippen molar-refractivity contribution < 1.29 is 13.9 Å². The summed E-state index contributed by atoms with van der Waals surface area (Å²) in [5.74, 6) is -0.0161. The van der Waals surface area contributed by atoms with Crippen LogP contribution in [0.1, 0.15) is 67.3 Å². The zero-order chi connectivity index (χ0) is 24.9. The van der Waals surface area contributed by atoms with Gasteiger partial charge in [-0.2, -0.15) is 4.39 Å². The summed E-state index contributed by atoms with van der Waals surface area (Å²) in [7, 11) is 0. The molecule has 8 heteroatoms. The molecular weight excluding hydrogens is 455 g/mol. The third-order valence-corrected chi connectivity index (χ3v) is 8.96. The molecule has 2 aromatic heterocycles. The summed E-state index contributed by atoms with van der Waals surface area (Å²) in [6, 6.07) is 10.2. The van der Waals surface area contributed by atoms with E-state index < -0.39 is 5.82 Å². The van der Waals surface area contributed by atoms with Gasteiger partial charge in [-0.3, -0.25) is 4.79 Å². The van der Waals surface area contributed by atoms with Gasteiger partial charge in [0.15, 0.2) is 5.82 Å². The van der Waals surface area contributed by atoms with Crippen molar-refractivity contribution in [1.29, 1.82) is 0 Å². The number of hydrogen-bond donors (Lipinski definition) is 2. The molecule has 36 heavy (non-hydrogen) atoms. The summed E-state index contributed by atoms with van der Waals surface area (Å²) < 4.78 is 19.5. The molecule has 7 nitrogen and oxygen atoms in total. The Bertz CT molecular complexity index is 1460. The van der Waals surface area contributed by atoms with Gasteiger partial charge in [-0.05, 0) is 49.8 Å². The maximum Gasteiger partial charge on any atom is 0.260 e. The number of nitrogens with zero attached hydrogens (tertiary/aromatic N) is 4. The monoisotopic (exact) mass is 487 g/mol. The highest BCUT2D eigenvalue weighted by Gasteiger charge is 2.48. The number of rotatable bonds is 3. The van der Waals surface area contributed by atoms with Crippen LogP contribution in [-0.4, -0.2) is 46.3 Å². The van der Waals surface area contributed by atoms with Gasteiger partial charge in [-0.15, -0.1) is 0 Å². The topological polar surface area (TPSA) is 79.5 Å². The predicted molar refractivity (Wildman–Crippen MR) is 137 cm³/mol. The van der Waals surface area contributed by atoms with Crippen LogP contribution in [-0.2, 0) is 0 Å². The number of piperidine rings is 1. The first kappa shape index (κ1) is 22.0. The van der Waals surface area contributed by atoms with Crippen molar-refractivity contribution in [3.05, 3.63) is 59.3 Å². The molecule has 4 aliphatic rings. The summed E-state index contributed by atoms with van der Waals surface area (Å²) in [4.78, 5) is 15.2. The number of likely N-dealkylation sites (tertiary alicyclic amines) is 1. The SMILES string of the molecule is CC1C(c2cc3cccc4c3n2C(C(C)C)CN4)=N[n+]2cc(C(=O)N3C[C@H]4CC[C@@H]3[C@@H]4N)cc(F)c21. The molecule has 1 saturated heterocycles. The second kappa shape index (κ2) is 7.62. The molecule has 0 spiro atoms. The zero-order valence-corrected chi connectivity index (χ0v) is 20.9. The normalized spacial score (nSPS) is 28.1. The van der Waals surface area contributed by atoms with Gasteiger partial charge in [-0.1, -0.05) is 30.7 Å². The highest BCUT2D eigenvalue weighted by atomic mass is 19.1. The van der Waals surface area contributed by atoms with Gasteiger partial charge < -0.3 is 20.5 Å². The number of nitrogens with two attached hydrogens (primary N) is 1. The van der Waals surface area contributed by atoms with Gasteiger partial charge in [0.05, 0.1) is 28.9 Å². The Morgan fingerprint density at radius 1 is 1.28 bits per heavy atom. The van der Waals surface area contributed by atoms with E-state index in [1.54, 1.807) is 10.9 Å². The Labute approximate surface area is 209 Å². The molecule has 2 bridgehead atoms. The highest BCUT2D eigenvalue weighted by Crippen LogP contribution is 2.40. The standard InChI is InChI=1S/C28H32FN6O/c1-14(2)23-11-31-20-6-4-5-16-10-22(35(23)27(16)20)25-15(3)26-19(29)9-18(13-34(26)32-25)28(36)33-12-17-7-8-21(33)24(17)30/h4-6,9-10,13-15,17,21,23-24,31H,7-8,11-12,30H2,1-3H3/q+1/t15?,17-,21-,23?,24-/m1/s1. The minimum absolute atomic E-state index is 0.0271. The average Bonchev–Trinajstić information content (AvgIpc) is 3.60. The number of amides is 1. The first-order valence-corrected chi connectivity index (χ1v) is 13.1. The molecule has 1 aliphatic carbocycles. The molecule has 186 valence electrons. The number of aromatic nitrogens is 2. The maximum absolute atomic E-state index is 15.6. The fraction of sp³-hybridized carbons (Fsp3) is 0.464. The maximum atomic E-state index is 15.6. The van der Waals surface area contributed by atoms with Crippen LogP contribution in [0, 0.1) is 17.7 Å². The number of anilines is 1. The van der Waals surface area contributed by atoms with E-state index in [1.165, 1.54) is 11.6 Å². The summed E-state index contributed by atoms with van der Waals surface area (Å²) in [5, 5.41) is 9.63. The van der Waals surface area contributed by atoms with Crippen LogP contribution in [0.4, 0.5) is 10.1 Å². The number of para-hydroxylation sites is 1. The second-order valence-corrected chi connectivity index (χ2v) is 11.3. The lowest BCUT2D eigenvalue weighted by Gasteiger charge is -2.31. The largest absolute Gasteiger partial charge is 0.381 e. The van der Waals surface area contributed by atoms with Crippen molar-refractivity contribution in [2.45, 2.75) is 57.7 Å². The average molecular weight is 488 g/mol. The van der Waals surface area contributed by atoms with E-state index in [1.807, 2.05) is 11.8 Å². The van der Waals surface area contributed by atoms with E-state index in [0.717, 1.165) is 41.9 Å². The van der Waals surface area contributed by atoms with Crippen molar-refractivity contribution in [2.75, 3.05) is 18.4 Å². The van der Waals surface area contributed by atoms with Crippen molar-refractivity contribution >= 4 is 28.2 Å². The molecule has 3 N–H and O–H groups in total. The second-order valence-electron chi connectivity index (χ2n) is 11.3. The van der Waals surface area contributed by atoms with Crippen LogP contribution < -0.4 is 15.7 Å². The lowest BCUT2D eigenvalue weighted by atomic mass is 9.97. The van der Waals surface area contributed by atoms with Gasteiger partial charge in [0.2, 0.25) is 6.20 Å². The molecule has 1 aromatic carbocycles. The van der Waals surface area contributed by atoms with E-state index in [0.29, 0.717) is 29.6 Å². The molecule has 1 amide bonds. The zero-order valence-electron chi connectivity index (χ0n) is 20.9. The summed E-state index contributed by atoms with van der Waals surface area (Å²) in [5.41, 5.74) is 11.3. The van der Waals surface area contributed by atoms with Crippen molar-refractivity contribution in [3.63, 3.8) is 0 Å². The molecule has 5 atom stereocenters. The molecule has 5 heterocycles. The fourth-order valence-corrected chi connectivity index (χ4v) is 7.02. The quantitative estimate of drug-likeness (QED) is 0.554. The number of nitrogens with one attached hydrogen (secondary N) is 1. The van der Waals surface area contributed by atoms with Crippen molar-refractivity contribution in [2.24, 2.45) is 22.7 Å². The lowest BCUT2D eigenvalue weighted by Crippen LogP contribution is -2.42. The molecule has 3 aliphatic heterocycles. The predicted octanol–water partition coefficient (Wildman–Crippen LogP) is 3.62. The van der Waals surface area contributed by atoms with Crippen molar-refractivity contribution in [1.82, 2.24) is 9.47 Å². The number of carbonyl (C=O) groups is 1. The molecule has 0 radical (unpaired) electrons. The Morgan fingerprint density at radius 2 is 2.11 bits per heavy atom. The molecule has 2 fully saturated rings. The van der Waals surface area contributed by atoms with E-state index in [-0.39, 0.29) is 30.0 Å². The fourth-order valence-electron chi connectivity index (χ4n) is 7.02. The molecule has 1 saturated carbocycles. The number of benzene rings is 1. The van der Waals surface area contributed by atoms with Crippen LogP contribution in [0.15, 0.2) is 41.6 Å². The van der Waals surface area contributed by atoms with Gasteiger partial charge in [-0.25, -0.2) is 0 Å². The first-order chi connectivity index (χ1) is 17.3. The molecular formula is C28H32FN6O+. The van der Waals surface area contributed by atoms with Gasteiger partial charge >= 0.3 is 0 Å². The minimum Gasteiger partial charge on any atom is -0.381 e. The number of carbonyl (C=O) groups excluding carboxylic acids is 1. The van der Waals surface area contributed by atoms with Crippen LogP contribution in [0.25, 0.3) is 10.9 Å². The van der Waals surface area contributed by atoms with Gasteiger partial charge in [0, 0.05) is 35.7 Å². The van der Waals surface area contributed by atoms with E-state index >= 15 is 4.39 Å². The van der Waals surface area contributed by atoms with Crippen LogP contribution >= 0.6 is 0 Å². The van der Waals surface area contributed by atoms with Gasteiger partial charge in [0.25, 0.3) is 11.6 Å². The first-order valence-electron chi connectivity index (χ1n) is 13.1. The Balaban J connectivity index is 1.32. The smallest absolute Gasteiger partial charge is 0.260 e. The number of pyridine rings is 1.